The first kappa shape index (κ1) is 12.1. The Labute approximate surface area is 101 Å². The Morgan fingerprint density at radius 2 is 1.88 bits per heavy atom. The van der Waals surface area contributed by atoms with Crippen LogP contribution in [-0.2, 0) is 4.79 Å². The van der Waals surface area contributed by atoms with Crippen molar-refractivity contribution in [2.75, 3.05) is 13.1 Å². The van der Waals surface area contributed by atoms with Crippen LogP contribution in [-0.4, -0.2) is 23.9 Å². The maximum atomic E-state index is 12.8. The minimum absolute atomic E-state index is 0.111. The molecule has 0 heterocycles. The van der Waals surface area contributed by atoms with E-state index in [9.17, 15) is 9.18 Å². The van der Waals surface area contributed by atoms with Gasteiger partial charge in [0.1, 0.15) is 5.82 Å². The summed E-state index contributed by atoms with van der Waals surface area (Å²) in [5, 5.41) is 0. The SMILES string of the molecule is CCN(CC)C(=O)C1CC1c1ccc(F)cc1. The Bertz CT molecular complexity index is 397. The predicted molar refractivity (Wildman–Crippen MR) is 65.2 cm³/mol. The van der Waals surface area contributed by atoms with Gasteiger partial charge in [0.25, 0.3) is 0 Å². The van der Waals surface area contributed by atoms with Gasteiger partial charge in [-0.1, -0.05) is 12.1 Å². The number of benzene rings is 1. The molecule has 1 fully saturated rings. The second-order valence-corrected chi connectivity index (χ2v) is 4.51. The highest BCUT2D eigenvalue weighted by Gasteiger charge is 2.45. The van der Waals surface area contributed by atoms with Crippen LogP contribution in [0.15, 0.2) is 24.3 Å². The Balaban J connectivity index is 2.00. The Morgan fingerprint density at radius 1 is 1.29 bits per heavy atom. The van der Waals surface area contributed by atoms with Crippen molar-refractivity contribution in [3.8, 4) is 0 Å². The molecule has 2 unspecified atom stereocenters. The zero-order valence-corrected chi connectivity index (χ0v) is 10.3. The predicted octanol–water partition coefficient (Wildman–Crippen LogP) is 2.80. The van der Waals surface area contributed by atoms with Gasteiger partial charge in [0.2, 0.25) is 5.91 Å². The van der Waals surface area contributed by atoms with Gasteiger partial charge >= 0.3 is 0 Å². The number of rotatable bonds is 4. The molecule has 3 heteroatoms. The van der Waals surface area contributed by atoms with Gasteiger partial charge in [-0.25, -0.2) is 4.39 Å². The van der Waals surface area contributed by atoms with Crippen LogP contribution >= 0.6 is 0 Å². The van der Waals surface area contributed by atoms with Crippen LogP contribution < -0.4 is 0 Å². The number of carbonyl (C=O) groups is 1. The van der Waals surface area contributed by atoms with E-state index in [0.717, 1.165) is 25.1 Å². The largest absolute Gasteiger partial charge is 0.343 e. The quantitative estimate of drug-likeness (QED) is 0.785. The lowest BCUT2D eigenvalue weighted by atomic mass is 10.1. The first-order valence-electron chi connectivity index (χ1n) is 6.21. The molecular formula is C14H18FNO. The maximum Gasteiger partial charge on any atom is 0.226 e. The number of hydrogen-bond donors (Lipinski definition) is 0. The lowest BCUT2D eigenvalue weighted by Crippen LogP contribution is -2.32. The number of amides is 1. The first-order valence-corrected chi connectivity index (χ1v) is 6.21. The van der Waals surface area contributed by atoms with E-state index >= 15 is 0 Å². The Morgan fingerprint density at radius 3 is 2.41 bits per heavy atom. The fourth-order valence-corrected chi connectivity index (χ4v) is 2.32. The molecule has 0 aromatic heterocycles. The highest BCUT2D eigenvalue weighted by Crippen LogP contribution is 2.48. The molecule has 2 rings (SSSR count). The molecule has 2 nitrogen and oxygen atoms in total. The van der Waals surface area contributed by atoms with Gasteiger partial charge in [-0.3, -0.25) is 4.79 Å². The van der Waals surface area contributed by atoms with Gasteiger partial charge in [-0.2, -0.15) is 0 Å². The summed E-state index contributed by atoms with van der Waals surface area (Å²) in [6, 6.07) is 6.50. The minimum Gasteiger partial charge on any atom is -0.343 e. The molecule has 0 aliphatic heterocycles. The molecule has 0 radical (unpaired) electrons. The van der Waals surface area contributed by atoms with Gasteiger partial charge in [-0.05, 0) is 43.9 Å². The zero-order chi connectivity index (χ0) is 12.4. The second kappa shape index (κ2) is 4.86. The monoisotopic (exact) mass is 235 g/mol. The van der Waals surface area contributed by atoms with Gasteiger partial charge in [0.05, 0.1) is 0 Å². The van der Waals surface area contributed by atoms with Crippen LogP contribution in [0.25, 0.3) is 0 Å². The fourth-order valence-electron chi connectivity index (χ4n) is 2.32. The molecule has 0 N–H and O–H groups in total. The van der Waals surface area contributed by atoms with Crippen LogP contribution in [0.3, 0.4) is 0 Å². The van der Waals surface area contributed by atoms with Crippen molar-refractivity contribution in [1.29, 1.82) is 0 Å². The lowest BCUT2D eigenvalue weighted by molar-refractivity contribution is -0.132. The summed E-state index contributed by atoms with van der Waals surface area (Å²) in [6.07, 6.45) is 0.904. The van der Waals surface area contributed by atoms with Gasteiger partial charge < -0.3 is 4.90 Å². The van der Waals surface area contributed by atoms with Crippen molar-refractivity contribution in [2.24, 2.45) is 5.92 Å². The molecule has 1 saturated carbocycles. The molecule has 1 aromatic carbocycles. The molecule has 1 aliphatic rings. The molecule has 0 spiro atoms. The van der Waals surface area contributed by atoms with Crippen LogP contribution in [0.4, 0.5) is 4.39 Å². The maximum absolute atomic E-state index is 12.8. The standard InChI is InChI=1S/C14H18FNO/c1-3-16(4-2)14(17)13-9-12(13)10-5-7-11(15)8-6-10/h5-8,12-13H,3-4,9H2,1-2H3. The summed E-state index contributed by atoms with van der Waals surface area (Å²) >= 11 is 0. The molecule has 1 amide bonds. The average Bonchev–Trinajstić information content (AvgIpc) is 3.11. The topological polar surface area (TPSA) is 20.3 Å². The first-order chi connectivity index (χ1) is 8.17. The van der Waals surface area contributed by atoms with E-state index < -0.39 is 0 Å². The highest BCUT2D eigenvalue weighted by molar-refractivity contribution is 5.83. The number of nitrogens with zero attached hydrogens (tertiary/aromatic N) is 1. The fraction of sp³-hybridized carbons (Fsp3) is 0.500. The van der Waals surface area contributed by atoms with E-state index in [-0.39, 0.29) is 17.6 Å². The Hall–Kier alpha value is -1.38. The van der Waals surface area contributed by atoms with Gasteiger partial charge in [0, 0.05) is 19.0 Å². The average molecular weight is 235 g/mol. The van der Waals surface area contributed by atoms with Crippen LogP contribution in [0.2, 0.25) is 0 Å². The van der Waals surface area contributed by atoms with Crippen LogP contribution in [0.5, 0.6) is 0 Å². The van der Waals surface area contributed by atoms with Gasteiger partial charge in [-0.15, -0.1) is 0 Å². The van der Waals surface area contributed by atoms with E-state index in [1.807, 2.05) is 18.7 Å². The molecule has 92 valence electrons. The summed E-state index contributed by atoms with van der Waals surface area (Å²) in [4.78, 5) is 13.9. The molecule has 0 bridgehead atoms. The van der Waals surface area contributed by atoms with E-state index in [2.05, 4.69) is 0 Å². The van der Waals surface area contributed by atoms with Crippen molar-refractivity contribution < 1.29 is 9.18 Å². The molecule has 17 heavy (non-hydrogen) atoms. The second-order valence-electron chi connectivity index (χ2n) is 4.51. The molecule has 0 saturated heterocycles. The molecule has 2 atom stereocenters. The van der Waals surface area contributed by atoms with E-state index in [4.69, 9.17) is 0 Å². The van der Waals surface area contributed by atoms with Crippen molar-refractivity contribution >= 4 is 5.91 Å². The van der Waals surface area contributed by atoms with E-state index in [1.54, 1.807) is 12.1 Å². The van der Waals surface area contributed by atoms with Crippen LogP contribution in [0, 0.1) is 11.7 Å². The number of hydrogen-bond acceptors (Lipinski definition) is 1. The zero-order valence-electron chi connectivity index (χ0n) is 10.3. The van der Waals surface area contributed by atoms with Crippen molar-refractivity contribution in [2.45, 2.75) is 26.2 Å². The Kier molecular flexibility index (Phi) is 3.46. The highest BCUT2D eigenvalue weighted by atomic mass is 19.1. The minimum atomic E-state index is -0.221. The third-order valence-corrected chi connectivity index (χ3v) is 3.48. The normalized spacial score (nSPS) is 22.3. The van der Waals surface area contributed by atoms with Crippen LogP contribution in [0.1, 0.15) is 31.7 Å². The number of carbonyl (C=O) groups excluding carboxylic acids is 1. The van der Waals surface area contributed by atoms with E-state index in [0.29, 0.717) is 5.92 Å². The van der Waals surface area contributed by atoms with Crippen molar-refractivity contribution in [1.82, 2.24) is 4.90 Å². The van der Waals surface area contributed by atoms with Crippen molar-refractivity contribution in [3.63, 3.8) is 0 Å². The third kappa shape index (κ3) is 2.48. The summed E-state index contributed by atoms with van der Waals surface area (Å²) in [7, 11) is 0. The third-order valence-electron chi connectivity index (χ3n) is 3.48. The molecular weight excluding hydrogens is 217 g/mol. The van der Waals surface area contributed by atoms with Crippen molar-refractivity contribution in [3.05, 3.63) is 35.6 Å². The van der Waals surface area contributed by atoms with Gasteiger partial charge in [0.15, 0.2) is 0 Å². The summed E-state index contributed by atoms with van der Waals surface area (Å²) in [5.74, 6) is 0.425. The lowest BCUT2D eigenvalue weighted by Gasteiger charge is -2.18. The number of halogens is 1. The summed E-state index contributed by atoms with van der Waals surface area (Å²) < 4.78 is 12.8. The summed E-state index contributed by atoms with van der Waals surface area (Å²) in [5.41, 5.74) is 1.08. The molecule has 1 aliphatic carbocycles. The molecule has 1 aromatic rings. The summed E-state index contributed by atoms with van der Waals surface area (Å²) in [6.45, 7) is 5.53. The smallest absolute Gasteiger partial charge is 0.226 e. The van der Waals surface area contributed by atoms with E-state index in [1.165, 1.54) is 12.1 Å².